The fourth-order valence-electron chi connectivity index (χ4n) is 1.42. The molecule has 0 amide bonds. The molecule has 0 aromatic heterocycles. The van der Waals surface area contributed by atoms with Crippen molar-refractivity contribution in [2.75, 3.05) is 20.3 Å². The quantitative estimate of drug-likeness (QED) is 0.322. The van der Waals surface area contributed by atoms with Gasteiger partial charge in [0.1, 0.15) is 5.75 Å². The fraction of sp³-hybridized carbons (Fsp3) is 0.417. The van der Waals surface area contributed by atoms with Crippen molar-refractivity contribution >= 4 is 11.5 Å². The lowest BCUT2D eigenvalue weighted by Crippen LogP contribution is -2.05. The number of carbonyl (C=O) groups is 1. The number of carbonyl (C=O) groups excluding carboxylic acids is 1. The standard InChI is InChI=1S/C12H15NO5/c1-9(14)11-8-10(13(15)16)4-5-12(11)18-7-3-6-17-2/h4-5,8H,3,6-7H2,1-2H3. The van der Waals surface area contributed by atoms with Gasteiger partial charge < -0.3 is 9.47 Å². The lowest BCUT2D eigenvalue weighted by atomic mass is 10.1. The van der Waals surface area contributed by atoms with Crippen molar-refractivity contribution in [2.24, 2.45) is 0 Å². The van der Waals surface area contributed by atoms with Gasteiger partial charge in [0.2, 0.25) is 0 Å². The zero-order valence-corrected chi connectivity index (χ0v) is 10.3. The second-order valence-electron chi connectivity index (χ2n) is 3.69. The maximum atomic E-state index is 11.4. The smallest absolute Gasteiger partial charge is 0.270 e. The van der Waals surface area contributed by atoms with Gasteiger partial charge in [-0.2, -0.15) is 0 Å². The Morgan fingerprint density at radius 1 is 1.39 bits per heavy atom. The number of hydrogen-bond acceptors (Lipinski definition) is 5. The van der Waals surface area contributed by atoms with Crippen molar-refractivity contribution in [2.45, 2.75) is 13.3 Å². The summed E-state index contributed by atoms with van der Waals surface area (Å²) in [5.41, 5.74) is 0.103. The van der Waals surface area contributed by atoms with Crippen molar-refractivity contribution in [3.05, 3.63) is 33.9 Å². The molecule has 0 N–H and O–H groups in total. The zero-order valence-electron chi connectivity index (χ0n) is 10.3. The minimum Gasteiger partial charge on any atom is -0.493 e. The van der Waals surface area contributed by atoms with Crippen LogP contribution in [0.4, 0.5) is 5.69 Å². The SMILES string of the molecule is COCCCOc1ccc([N+](=O)[O-])cc1C(C)=O. The lowest BCUT2D eigenvalue weighted by Gasteiger charge is -2.09. The second-order valence-corrected chi connectivity index (χ2v) is 3.69. The maximum absolute atomic E-state index is 11.4. The van der Waals surface area contributed by atoms with Gasteiger partial charge in [0.25, 0.3) is 5.69 Å². The van der Waals surface area contributed by atoms with E-state index in [0.717, 1.165) is 0 Å². The Labute approximate surface area is 105 Å². The number of methoxy groups -OCH3 is 1. The van der Waals surface area contributed by atoms with E-state index < -0.39 is 4.92 Å². The number of rotatable bonds is 7. The van der Waals surface area contributed by atoms with E-state index >= 15 is 0 Å². The molecule has 6 nitrogen and oxygen atoms in total. The highest BCUT2D eigenvalue weighted by Gasteiger charge is 2.14. The first-order valence-corrected chi connectivity index (χ1v) is 5.47. The minimum atomic E-state index is -0.541. The Balaban J connectivity index is 2.83. The molecule has 0 radical (unpaired) electrons. The molecule has 18 heavy (non-hydrogen) atoms. The normalized spacial score (nSPS) is 10.1. The number of nitro groups is 1. The van der Waals surface area contributed by atoms with Crippen molar-refractivity contribution in [3.63, 3.8) is 0 Å². The van der Waals surface area contributed by atoms with E-state index in [1.54, 1.807) is 7.11 Å². The molecule has 6 heteroatoms. The molecule has 98 valence electrons. The average Bonchev–Trinajstić information content (AvgIpc) is 2.34. The molecule has 1 rings (SSSR count). The van der Waals surface area contributed by atoms with E-state index in [1.807, 2.05) is 0 Å². The average molecular weight is 253 g/mol. The van der Waals surface area contributed by atoms with Crippen LogP contribution in [0.25, 0.3) is 0 Å². The Hall–Kier alpha value is -1.95. The van der Waals surface area contributed by atoms with Crippen molar-refractivity contribution < 1.29 is 19.2 Å². The molecule has 0 bridgehead atoms. The molecule has 1 aromatic rings. The van der Waals surface area contributed by atoms with Gasteiger partial charge in [0.05, 0.1) is 17.1 Å². The summed E-state index contributed by atoms with van der Waals surface area (Å²) in [6.07, 6.45) is 0.685. The molecule has 1 aromatic carbocycles. The van der Waals surface area contributed by atoms with E-state index in [0.29, 0.717) is 25.4 Å². The van der Waals surface area contributed by atoms with Gasteiger partial charge in [-0.1, -0.05) is 0 Å². The molecular formula is C12H15NO5. The van der Waals surface area contributed by atoms with Crippen LogP contribution in [0.15, 0.2) is 18.2 Å². The van der Waals surface area contributed by atoms with Crippen LogP contribution >= 0.6 is 0 Å². The Kier molecular flexibility index (Phi) is 5.26. The van der Waals surface area contributed by atoms with Crippen LogP contribution in [0.3, 0.4) is 0 Å². The van der Waals surface area contributed by atoms with E-state index in [9.17, 15) is 14.9 Å². The van der Waals surface area contributed by atoms with E-state index in [1.165, 1.54) is 25.1 Å². The predicted octanol–water partition coefficient (Wildman–Crippen LogP) is 2.21. The molecule has 0 aliphatic rings. The molecular weight excluding hydrogens is 238 g/mol. The van der Waals surface area contributed by atoms with Gasteiger partial charge >= 0.3 is 0 Å². The van der Waals surface area contributed by atoms with Gasteiger partial charge in [-0.05, 0) is 13.0 Å². The molecule has 0 saturated carbocycles. The molecule has 0 spiro atoms. The van der Waals surface area contributed by atoms with Crippen LogP contribution in [0, 0.1) is 10.1 Å². The highest BCUT2D eigenvalue weighted by atomic mass is 16.6. The summed E-state index contributed by atoms with van der Waals surface area (Å²) in [6, 6.07) is 3.99. The van der Waals surface area contributed by atoms with Gasteiger partial charge in [0, 0.05) is 32.3 Å². The minimum absolute atomic E-state index is 0.121. The number of Topliss-reactive ketones (excluding diaryl/α,β-unsaturated/α-hetero) is 1. The molecule has 0 unspecified atom stereocenters. The summed E-state index contributed by atoms with van der Waals surface area (Å²) in [5, 5.41) is 10.6. The van der Waals surface area contributed by atoms with Crippen molar-refractivity contribution in [1.29, 1.82) is 0 Å². The Morgan fingerprint density at radius 2 is 2.11 bits per heavy atom. The van der Waals surface area contributed by atoms with Crippen molar-refractivity contribution in [3.8, 4) is 5.75 Å². The first kappa shape index (κ1) is 14.1. The molecule has 0 fully saturated rings. The zero-order chi connectivity index (χ0) is 13.5. The molecule has 0 aliphatic heterocycles. The third-order valence-electron chi connectivity index (χ3n) is 2.30. The third-order valence-corrected chi connectivity index (χ3v) is 2.30. The number of nitro benzene ring substituents is 1. The van der Waals surface area contributed by atoms with Gasteiger partial charge in [-0.25, -0.2) is 0 Å². The number of non-ortho nitro benzene ring substituents is 1. The molecule has 0 heterocycles. The second kappa shape index (κ2) is 6.70. The molecule has 0 saturated heterocycles. The van der Waals surface area contributed by atoms with Gasteiger partial charge in [-0.3, -0.25) is 14.9 Å². The number of hydrogen-bond donors (Lipinski definition) is 0. The van der Waals surface area contributed by atoms with Crippen LogP contribution in [-0.2, 0) is 4.74 Å². The summed E-state index contributed by atoms with van der Waals surface area (Å²) >= 11 is 0. The Bertz CT molecular complexity index is 444. The van der Waals surface area contributed by atoms with E-state index in [4.69, 9.17) is 9.47 Å². The predicted molar refractivity (Wildman–Crippen MR) is 65.1 cm³/mol. The van der Waals surface area contributed by atoms with Crippen LogP contribution in [-0.4, -0.2) is 31.0 Å². The number of ether oxygens (including phenoxy) is 2. The monoisotopic (exact) mass is 253 g/mol. The first-order chi connectivity index (χ1) is 8.56. The summed E-state index contributed by atoms with van der Waals surface area (Å²) in [4.78, 5) is 21.5. The topological polar surface area (TPSA) is 78.7 Å². The third kappa shape index (κ3) is 3.81. The summed E-state index contributed by atoms with van der Waals surface area (Å²) in [5.74, 6) is 0.102. The molecule has 0 atom stereocenters. The van der Waals surface area contributed by atoms with Crippen LogP contribution in [0.5, 0.6) is 5.75 Å². The first-order valence-electron chi connectivity index (χ1n) is 5.47. The van der Waals surface area contributed by atoms with E-state index in [-0.39, 0.29) is 17.0 Å². The summed E-state index contributed by atoms with van der Waals surface area (Å²) < 4.78 is 10.3. The van der Waals surface area contributed by atoms with E-state index in [2.05, 4.69) is 0 Å². The highest BCUT2D eigenvalue weighted by Crippen LogP contribution is 2.24. The fourth-order valence-corrected chi connectivity index (χ4v) is 1.42. The summed E-state index contributed by atoms with van der Waals surface area (Å²) in [7, 11) is 1.59. The van der Waals surface area contributed by atoms with Gasteiger partial charge in [0.15, 0.2) is 5.78 Å². The number of nitrogens with zero attached hydrogens (tertiary/aromatic N) is 1. The summed E-state index contributed by atoms with van der Waals surface area (Å²) in [6.45, 7) is 2.30. The number of ketones is 1. The highest BCUT2D eigenvalue weighted by molar-refractivity contribution is 5.97. The van der Waals surface area contributed by atoms with Crippen LogP contribution in [0.2, 0.25) is 0 Å². The largest absolute Gasteiger partial charge is 0.493 e. The van der Waals surface area contributed by atoms with Crippen LogP contribution < -0.4 is 4.74 Å². The molecule has 0 aliphatic carbocycles. The Morgan fingerprint density at radius 3 is 2.67 bits per heavy atom. The lowest BCUT2D eigenvalue weighted by molar-refractivity contribution is -0.384. The van der Waals surface area contributed by atoms with Crippen molar-refractivity contribution in [1.82, 2.24) is 0 Å². The van der Waals surface area contributed by atoms with Gasteiger partial charge in [-0.15, -0.1) is 0 Å². The number of benzene rings is 1. The van der Waals surface area contributed by atoms with Crippen LogP contribution in [0.1, 0.15) is 23.7 Å². The maximum Gasteiger partial charge on any atom is 0.270 e.